The van der Waals surface area contributed by atoms with Gasteiger partial charge in [0.15, 0.2) is 0 Å². The van der Waals surface area contributed by atoms with Gasteiger partial charge in [0, 0.05) is 24.6 Å². The first-order chi connectivity index (χ1) is 6.49. The Hall–Kier alpha value is -0.0800. The monoisotopic (exact) mass is 201 g/mol. The second-order valence-corrected chi connectivity index (χ2v) is 4.96. The number of hydrogen-bond donors (Lipinski definition) is 2. The van der Waals surface area contributed by atoms with E-state index in [0.717, 1.165) is 19.4 Å². The molecule has 14 heavy (non-hydrogen) atoms. The summed E-state index contributed by atoms with van der Waals surface area (Å²) in [6.45, 7) is 12.1. The molecule has 0 rings (SSSR count). The van der Waals surface area contributed by atoms with E-state index in [-0.39, 0.29) is 12.0 Å². The van der Waals surface area contributed by atoms with Gasteiger partial charge in [0.1, 0.15) is 0 Å². The summed E-state index contributed by atoms with van der Waals surface area (Å²) in [5.41, 5.74) is 0.0440. The van der Waals surface area contributed by atoms with E-state index < -0.39 is 0 Å². The minimum atomic E-state index is 0.0440. The third kappa shape index (κ3) is 4.43. The van der Waals surface area contributed by atoms with Crippen LogP contribution in [0.2, 0.25) is 0 Å². The maximum Gasteiger partial charge on any atom is 0.0496 e. The van der Waals surface area contributed by atoms with Crippen LogP contribution in [0.3, 0.4) is 0 Å². The Balaban J connectivity index is 4.00. The summed E-state index contributed by atoms with van der Waals surface area (Å²) in [7, 11) is 0. The van der Waals surface area contributed by atoms with E-state index in [4.69, 9.17) is 0 Å². The first-order valence-electron chi connectivity index (χ1n) is 5.83. The van der Waals surface area contributed by atoms with Gasteiger partial charge in [-0.2, -0.15) is 0 Å². The fourth-order valence-electron chi connectivity index (χ4n) is 1.52. The van der Waals surface area contributed by atoms with Crippen LogP contribution in [-0.4, -0.2) is 24.3 Å². The Bertz CT molecular complexity index is 141. The van der Waals surface area contributed by atoms with Crippen molar-refractivity contribution in [2.45, 2.75) is 53.5 Å². The second-order valence-electron chi connectivity index (χ2n) is 4.96. The third-order valence-electron chi connectivity index (χ3n) is 3.27. The highest BCUT2D eigenvalue weighted by molar-refractivity contribution is 4.78. The van der Waals surface area contributed by atoms with E-state index in [1.807, 2.05) is 0 Å². The molecule has 0 bridgehead atoms. The smallest absolute Gasteiger partial charge is 0.0496 e. The highest BCUT2D eigenvalue weighted by Crippen LogP contribution is 2.19. The fraction of sp³-hybridized carbons (Fsp3) is 1.00. The minimum Gasteiger partial charge on any atom is -0.396 e. The molecule has 0 aliphatic rings. The molecule has 0 saturated carbocycles. The van der Waals surface area contributed by atoms with Crippen molar-refractivity contribution in [3.63, 3.8) is 0 Å². The van der Waals surface area contributed by atoms with Crippen LogP contribution in [0.4, 0.5) is 0 Å². The Morgan fingerprint density at radius 2 is 1.86 bits per heavy atom. The summed E-state index contributed by atoms with van der Waals surface area (Å²) < 4.78 is 0. The zero-order chi connectivity index (χ0) is 11.2. The van der Waals surface area contributed by atoms with Crippen LogP contribution in [-0.2, 0) is 0 Å². The molecule has 0 fully saturated rings. The zero-order valence-corrected chi connectivity index (χ0v) is 10.4. The molecule has 0 heterocycles. The van der Waals surface area contributed by atoms with E-state index in [1.165, 1.54) is 0 Å². The third-order valence-corrected chi connectivity index (χ3v) is 3.27. The SMILES string of the molecule is CCC(NCC(C)(CC)CO)C(C)C. The first-order valence-corrected chi connectivity index (χ1v) is 5.83. The van der Waals surface area contributed by atoms with Gasteiger partial charge in [-0.05, 0) is 18.8 Å². The Morgan fingerprint density at radius 1 is 1.29 bits per heavy atom. The maximum absolute atomic E-state index is 9.27. The summed E-state index contributed by atoms with van der Waals surface area (Å²) in [6.07, 6.45) is 2.17. The summed E-state index contributed by atoms with van der Waals surface area (Å²) in [5, 5.41) is 12.8. The molecule has 0 aliphatic heterocycles. The molecule has 0 saturated heterocycles. The molecule has 0 radical (unpaired) electrons. The van der Waals surface area contributed by atoms with E-state index in [9.17, 15) is 5.11 Å². The topological polar surface area (TPSA) is 32.3 Å². The number of aliphatic hydroxyl groups excluding tert-OH is 1. The average Bonchev–Trinajstić information content (AvgIpc) is 2.18. The van der Waals surface area contributed by atoms with Crippen molar-refractivity contribution in [1.82, 2.24) is 5.32 Å². The van der Waals surface area contributed by atoms with Gasteiger partial charge in [-0.25, -0.2) is 0 Å². The first kappa shape index (κ1) is 13.9. The highest BCUT2D eigenvalue weighted by Gasteiger charge is 2.22. The van der Waals surface area contributed by atoms with Crippen molar-refractivity contribution in [3.8, 4) is 0 Å². The van der Waals surface area contributed by atoms with Gasteiger partial charge in [0.25, 0.3) is 0 Å². The fourth-order valence-corrected chi connectivity index (χ4v) is 1.52. The lowest BCUT2D eigenvalue weighted by atomic mass is 9.87. The predicted octanol–water partition coefficient (Wildman–Crippen LogP) is 2.42. The van der Waals surface area contributed by atoms with Crippen LogP contribution in [0, 0.1) is 11.3 Å². The Morgan fingerprint density at radius 3 is 2.14 bits per heavy atom. The van der Waals surface area contributed by atoms with Gasteiger partial charge < -0.3 is 10.4 Å². The van der Waals surface area contributed by atoms with Crippen LogP contribution in [0.25, 0.3) is 0 Å². The molecule has 2 atom stereocenters. The molecule has 0 aromatic rings. The molecule has 86 valence electrons. The highest BCUT2D eigenvalue weighted by atomic mass is 16.3. The van der Waals surface area contributed by atoms with Gasteiger partial charge in [-0.15, -0.1) is 0 Å². The summed E-state index contributed by atoms with van der Waals surface area (Å²) in [5.74, 6) is 0.666. The van der Waals surface area contributed by atoms with Crippen LogP contribution in [0.15, 0.2) is 0 Å². The molecule has 2 unspecified atom stereocenters. The number of nitrogens with one attached hydrogen (secondary N) is 1. The molecule has 2 N–H and O–H groups in total. The number of rotatable bonds is 7. The van der Waals surface area contributed by atoms with Gasteiger partial charge in [0.2, 0.25) is 0 Å². The predicted molar refractivity (Wildman–Crippen MR) is 62.4 cm³/mol. The Labute approximate surface area is 89.1 Å². The second kappa shape index (κ2) is 6.41. The van der Waals surface area contributed by atoms with Gasteiger partial charge in [0.05, 0.1) is 0 Å². The quantitative estimate of drug-likeness (QED) is 0.663. The lowest BCUT2D eigenvalue weighted by Crippen LogP contribution is -2.42. The summed E-state index contributed by atoms with van der Waals surface area (Å²) in [4.78, 5) is 0. The summed E-state index contributed by atoms with van der Waals surface area (Å²) in [6, 6.07) is 0.576. The van der Waals surface area contributed by atoms with Gasteiger partial charge >= 0.3 is 0 Å². The molecule has 0 spiro atoms. The standard InChI is InChI=1S/C12H27NO/c1-6-11(10(3)4)13-8-12(5,7-2)9-14/h10-11,13-14H,6-9H2,1-5H3. The van der Waals surface area contributed by atoms with E-state index in [2.05, 4.69) is 39.9 Å². The lowest BCUT2D eigenvalue weighted by molar-refractivity contribution is 0.128. The van der Waals surface area contributed by atoms with E-state index >= 15 is 0 Å². The average molecular weight is 201 g/mol. The molecular formula is C12H27NO. The maximum atomic E-state index is 9.27. The van der Waals surface area contributed by atoms with Crippen LogP contribution in [0.1, 0.15) is 47.5 Å². The van der Waals surface area contributed by atoms with Crippen molar-refractivity contribution in [2.24, 2.45) is 11.3 Å². The van der Waals surface area contributed by atoms with E-state index in [1.54, 1.807) is 0 Å². The van der Waals surface area contributed by atoms with Crippen molar-refractivity contribution in [3.05, 3.63) is 0 Å². The van der Waals surface area contributed by atoms with Crippen LogP contribution >= 0.6 is 0 Å². The Kier molecular flexibility index (Phi) is 6.38. The molecule has 2 nitrogen and oxygen atoms in total. The van der Waals surface area contributed by atoms with Crippen LogP contribution < -0.4 is 5.32 Å². The molecular weight excluding hydrogens is 174 g/mol. The molecule has 0 aliphatic carbocycles. The summed E-state index contributed by atoms with van der Waals surface area (Å²) >= 11 is 0. The number of aliphatic hydroxyl groups is 1. The van der Waals surface area contributed by atoms with Gasteiger partial charge in [-0.3, -0.25) is 0 Å². The number of hydrogen-bond acceptors (Lipinski definition) is 2. The molecule has 0 aromatic heterocycles. The molecule has 2 heteroatoms. The normalized spacial score (nSPS) is 18.2. The van der Waals surface area contributed by atoms with Crippen molar-refractivity contribution >= 4 is 0 Å². The molecule has 0 aromatic carbocycles. The van der Waals surface area contributed by atoms with Crippen LogP contribution in [0.5, 0.6) is 0 Å². The minimum absolute atomic E-state index is 0.0440. The molecule has 0 amide bonds. The van der Waals surface area contributed by atoms with Crippen molar-refractivity contribution < 1.29 is 5.11 Å². The van der Waals surface area contributed by atoms with Crippen molar-refractivity contribution in [2.75, 3.05) is 13.2 Å². The van der Waals surface area contributed by atoms with Crippen molar-refractivity contribution in [1.29, 1.82) is 0 Å². The van der Waals surface area contributed by atoms with Gasteiger partial charge in [-0.1, -0.05) is 34.6 Å². The van der Waals surface area contributed by atoms with E-state index in [0.29, 0.717) is 12.0 Å². The largest absolute Gasteiger partial charge is 0.396 e. The lowest BCUT2D eigenvalue weighted by Gasteiger charge is -2.30. The zero-order valence-electron chi connectivity index (χ0n) is 10.4.